The van der Waals surface area contributed by atoms with E-state index in [0.29, 0.717) is 32.3 Å². The lowest BCUT2D eigenvalue weighted by atomic mass is 9.72. The van der Waals surface area contributed by atoms with Crippen molar-refractivity contribution in [3.63, 3.8) is 0 Å². The van der Waals surface area contributed by atoms with Gasteiger partial charge in [-0.3, -0.25) is 25.1 Å². The molecule has 7 atom stereocenters. The Morgan fingerprint density at radius 3 is 2.84 bits per heavy atom. The molecule has 1 spiro atoms. The number of nitriles is 1. The van der Waals surface area contributed by atoms with Gasteiger partial charge in [-0.05, 0) is 75.9 Å². The van der Waals surface area contributed by atoms with Gasteiger partial charge in [-0.25, -0.2) is 0 Å². The second-order valence-corrected chi connectivity index (χ2v) is 14.1. The number of piperazine rings is 1. The first-order chi connectivity index (χ1) is 20.9. The van der Waals surface area contributed by atoms with Gasteiger partial charge in [0.15, 0.2) is 12.1 Å². The molecule has 1 aromatic carbocycles. The third-order valence-electron chi connectivity index (χ3n) is 10.3. The van der Waals surface area contributed by atoms with E-state index >= 15 is 0 Å². The molecule has 4 heterocycles. The summed E-state index contributed by atoms with van der Waals surface area (Å²) in [5.74, 6) is 0.980. The van der Waals surface area contributed by atoms with Crippen molar-refractivity contribution in [2.24, 2.45) is 5.92 Å². The maximum atomic E-state index is 14.6. The van der Waals surface area contributed by atoms with Crippen molar-refractivity contribution >= 4 is 23.5 Å². The standard InChI is InChI=1S/C32H44N6O4S/c1-4-27(39)38-17-16-37(19-22(38)11-14-33)30-25-10-13-32(12-9-21-7-8-24(41-3)18-26(21)43-32)29(40)28(25)34-31(35-30)42-20-23-6-5-15-36(23)2/h4,7-8,18,22-23,25,28,30-31,34-35H,1,5-6,9-13,15-17,19-20H2,2-3H3/t22?,23?,25?,28?,30?,31?,32-/m1/s1. The van der Waals surface area contributed by atoms with Crippen LogP contribution in [0.1, 0.15) is 44.1 Å². The second kappa shape index (κ2) is 12.9. The van der Waals surface area contributed by atoms with Crippen LogP contribution in [0.3, 0.4) is 0 Å². The highest BCUT2D eigenvalue weighted by Gasteiger charge is 2.55. The Morgan fingerprint density at radius 2 is 2.09 bits per heavy atom. The third-order valence-corrected chi connectivity index (χ3v) is 11.9. The molecule has 6 unspecified atom stereocenters. The Kier molecular flexibility index (Phi) is 9.15. The topological polar surface area (TPSA) is 110 Å². The van der Waals surface area contributed by atoms with E-state index in [0.717, 1.165) is 49.3 Å². The summed E-state index contributed by atoms with van der Waals surface area (Å²) in [6, 6.07) is 8.25. The number of likely N-dealkylation sites (tertiary alicyclic amines) is 1. The van der Waals surface area contributed by atoms with Gasteiger partial charge in [0.25, 0.3) is 0 Å². The number of fused-ring (bicyclic) bond motifs is 2. The van der Waals surface area contributed by atoms with Crippen LogP contribution in [0, 0.1) is 17.2 Å². The number of aryl methyl sites for hydroxylation is 1. The summed E-state index contributed by atoms with van der Waals surface area (Å²) in [6.45, 7) is 7.06. The number of methoxy groups -OCH3 is 1. The van der Waals surface area contributed by atoms with E-state index in [4.69, 9.17) is 9.47 Å². The van der Waals surface area contributed by atoms with Crippen LogP contribution in [-0.2, 0) is 20.7 Å². The number of hydrogen-bond donors (Lipinski definition) is 2. The number of ketones is 1. The first-order valence-corrected chi connectivity index (χ1v) is 16.5. The van der Waals surface area contributed by atoms with Crippen LogP contribution >= 0.6 is 11.8 Å². The fourth-order valence-electron chi connectivity index (χ4n) is 7.80. The van der Waals surface area contributed by atoms with Crippen molar-refractivity contribution in [3.05, 3.63) is 36.4 Å². The minimum absolute atomic E-state index is 0.0452. The molecule has 1 aliphatic carbocycles. The second-order valence-electron chi connectivity index (χ2n) is 12.6. The molecule has 4 aliphatic heterocycles. The molecular formula is C32H44N6O4S. The van der Waals surface area contributed by atoms with E-state index in [-0.39, 0.29) is 42.3 Å². The molecule has 6 rings (SSSR count). The number of thioether (sulfide) groups is 1. The van der Waals surface area contributed by atoms with Crippen LogP contribution in [0.4, 0.5) is 0 Å². The summed E-state index contributed by atoms with van der Waals surface area (Å²) in [5, 5.41) is 16.9. The molecule has 1 amide bonds. The number of amides is 1. The molecule has 5 aliphatic rings. The smallest absolute Gasteiger partial charge is 0.246 e. The van der Waals surface area contributed by atoms with Crippen LogP contribution in [0.15, 0.2) is 35.7 Å². The molecule has 11 heteroatoms. The summed E-state index contributed by atoms with van der Waals surface area (Å²) < 4.78 is 11.5. The van der Waals surface area contributed by atoms with Crippen LogP contribution in [0.5, 0.6) is 5.75 Å². The third kappa shape index (κ3) is 5.98. The average molecular weight is 609 g/mol. The highest BCUT2D eigenvalue weighted by molar-refractivity contribution is 8.01. The summed E-state index contributed by atoms with van der Waals surface area (Å²) in [4.78, 5) is 34.8. The van der Waals surface area contributed by atoms with Crippen molar-refractivity contribution in [2.75, 3.05) is 46.9 Å². The number of hydrogen-bond acceptors (Lipinski definition) is 10. The number of Topliss-reactive ketones (excluding diaryl/α,β-unsaturated/α-hetero) is 1. The van der Waals surface area contributed by atoms with E-state index in [1.807, 2.05) is 6.07 Å². The zero-order chi connectivity index (χ0) is 30.1. The number of carbonyl (C=O) groups excluding carboxylic acids is 2. The summed E-state index contributed by atoms with van der Waals surface area (Å²) in [6.07, 6.45) is 6.68. The van der Waals surface area contributed by atoms with Gasteiger partial charge in [0.2, 0.25) is 5.91 Å². The fourth-order valence-corrected chi connectivity index (χ4v) is 9.35. The van der Waals surface area contributed by atoms with E-state index < -0.39 is 11.1 Å². The van der Waals surface area contributed by atoms with Gasteiger partial charge >= 0.3 is 0 Å². The number of likely N-dealkylation sites (N-methyl/N-ethyl adjacent to an activating group) is 1. The minimum Gasteiger partial charge on any atom is -0.497 e. The molecule has 232 valence electrons. The molecule has 10 nitrogen and oxygen atoms in total. The summed E-state index contributed by atoms with van der Waals surface area (Å²) in [7, 11) is 3.82. The van der Waals surface area contributed by atoms with Crippen molar-refractivity contribution < 1.29 is 19.1 Å². The number of ether oxygens (including phenoxy) is 2. The molecule has 4 fully saturated rings. The van der Waals surface area contributed by atoms with Gasteiger partial charge in [0, 0.05) is 36.5 Å². The van der Waals surface area contributed by atoms with Gasteiger partial charge in [-0.1, -0.05) is 12.6 Å². The minimum atomic E-state index is -0.482. The van der Waals surface area contributed by atoms with E-state index in [2.05, 4.69) is 52.3 Å². The first kappa shape index (κ1) is 30.6. The molecule has 3 saturated heterocycles. The zero-order valence-electron chi connectivity index (χ0n) is 25.3. The SMILES string of the molecule is C=CC(=O)N1CCN(C2NC(OCC3CCCN3C)NC3C(=O)[C@@]4(CCc5ccc(OC)cc5S4)CCC32)CC1CC#N. The lowest BCUT2D eigenvalue weighted by Crippen LogP contribution is -2.75. The molecule has 0 bridgehead atoms. The number of carbonyl (C=O) groups is 2. The van der Waals surface area contributed by atoms with Crippen LogP contribution in [0.2, 0.25) is 0 Å². The Balaban J connectivity index is 1.24. The zero-order valence-corrected chi connectivity index (χ0v) is 26.1. The van der Waals surface area contributed by atoms with Crippen LogP contribution in [-0.4, -0.2) is 109 Å². The van der Waals surface area contributed by atoms with Crippen LogP contribution in [0.25, 0.3) is 0 Å². The maximum Gasteiger partial charge on any atom is 0.246 e. The van der Waals surface area contributed by atoms with Gasteiger partial charge in [-0.15, -0.1) is 11.8 Å². The molecule has 1 saturated carbocycles. The molecular weight excluding hydrogens is 564 g/mol. The Morgan fingerprint density at radius 1 is 1.23 bits per heavy atom. The maximum absolute atomic E-state index is 14.6. The monoisotopic (exact) mass is 608 g/mol. The quantitative estimate of drug-likeness (QED) is 0.448. The largest absolute Gasteiger partial charge is 0.497 e. The fraction of sp³-hybridized carbons (Fsp3) is 0.656. The van der Waals surface area contributed by atoms with Crippen molar-refractivity contribution in [3.8, 4) is 11.8 Å². The van der Waals surface area contributed by atoms with Crippen LogP contribution < -0.4 is 15.4 Å². The predicted octanol–water partition coefficient (Wildman–Crippen LogP) is 2.35. The average Bonchev–Trinajstić information content (AvgIpc) is 3.45. The van der Waals surface area contributed by atoms with E-state index in [1.165, 1.54) is 18.1 Å². The molecule has 0 aromatic heterocycles. The van der Waals surface area contributed by atoms with E-state index in [9.17, 15) is 14.9 Å². The molecule has 43 heavy (non-hydrogen) atoms. The predicted molar refractivity (Wildman–Crippen MR) is 164 cm³/mol. The molecule has 1 aromatic rings. The summed E-state index contributed by atoms with van der Waals surface area (Å²) >= 11 is 1.72. The van der Waals surface area contributed by atoms with Crippen molar-refractivity contribution in [2.45, 2.75) is 85.2 Å². The lowest BCUT2D eigenvalue weighted by Gasteiger charge is -2.55. The Hall–Kier alpha value is -2.46. The van der Waals surface area contributed by atoms with Gasteiger partial charge in [-0.2, -0.15) is 5.26 Å². The first-order valence-electron chi connectivity index (χ1n) is 15.6. The highest BCUT2D eigenvalue weighted by Crippen LogP contribution is 2.52. The van der Waals surface area contributed by atoms with Crippen molar-refractivity contribution in [1.29, 1.82) is 5.26 Å². The van der Waals surface area contributed by atoms with E-state index in [1.54, 1.807) is 23.8 Å². The Bertz CT molecular complexity index is 1270. The lowest BCUT2D eigenvalue weighted by molar-refractivity contribution is -0.145. The molecule has 2 N–H and O–H groups in total. The number of nitrogens with one attached hydrogen (secondary N) is 2. The number of benzene rings is 1. The summed E-state index contributed by atoms with van der Waals surface area (Å²) in [5.41, 5.74) is 1.28. The van der Waals surface area contributed by atoms with Crippen molar-refractivity contribution in [1.82, 2.24) is 25.3 Å². The highest BCUT2D eigenvalue weighted by atomic mass is 32.2. The number of rotatable bonds is 7. The number of nitrogens with zero attached hydrogens (tertiary/aromatic N) is 4. The molecule has 0 radical (unpaired) electrons. The van der Waals surface area contributed by atoms with Gasteiger partial charge < -0.3 is 19.3 Å². The Labute approximate surface area is 259 Å². The normalized spacial score (nSPS) is 34.8. The van der Waals surface area contributed by atoms with Gasteiger partial charge in [0.1, 0.15) is 5.75 Å². The van der Waals surface area contributed by atoms with Gasteiger partial charge in [0.05, 0.1) is 49.2 Å².